The number of amides is 1. The maximum absolute atomic E-state index is 13.4. The molecule has 33 heavy (non-hydrogen) atoms. The van der Waals surface area contributed by atoms with Crippen molar-refractivity contribution in [1.29, 1.82) is 0 Å². The van der Waals surface area contributed by atoms with Gasteiger partial charge in [0.25, 0.3) is 0 Å². The van der Waals surface area contributed by atoms with E-state index in [0.717, 1.165) is 23.1 Å². The first-order chi connectivity index (χ1) is 15.9. The van der Waals surface area contributed by atoms with Crippen LogP contribution in [-0.2, 0) is 29.2 Å². The molecule has 0 radical (unpaired) electrons. The Labute approximate surface area is 189 Å². The van der Waals surface area contributed by atoms with E-state index in [9.17, 15) is 18.0 Å². The van der Waals surface area contributed by atoms with Gasteiger partial charge in [0, 0.05) is 50.7 Å². The van der Waals surface area contributed by atoms with Crippen LogP contribution in [0.15, 0.2) is 42.7 Å². The molecular formula is C23H26F3N5O2. The molecule has 7 nitrogen and oxygen atoms in total. The highest BCUT2D eigenvalue weighted by molar-refractivity contribution is 5.91. The number of nitrogens with zero attached hydrogens (tertiary/aromatic N) is 4. The van der Waals surface area contributed by atoms with Crippen LogP contribution >= 0.6 is 0 Å². The molecule has 4 rings (SSSR count). The number of pyridine rings is 1. The Morgan fingerprint density at radius 2 is 1.91 bits per heavy atom. The summed E-state index contributed by atoms with van der Waals surface area (Å²) in [5.74, 6) is -1.88. The number of ether oxygens (including phenoxy) is 1. The van der Waals surface area contributed by atoms with Crippen molar-refractivity contribution in [3.63, 3.8) is 0 Å². The molecule has 0 bridgehead atoms. The van der Waals surface area contributed by atoms with E-state index in [2.05, 4.69) is 15.4 Å². The minimum atomic E-state index is -4.98. The first-order valence-electron chi connectivity index (χ1n) is 10.9. The van der Waals surface area contributed by atoms with E-state index < -0.39 is 12.1 Å². The number of rotatable bonds is 7. The van der Waals surface area contributed by atoms with Crippen molar-refractivity contribution in [1.82, 2.24) is 19.7 Å². The number of benzene rings is 1. The van der Waals surface area contributed by atoms with Gasteiger partial charge >= 0.3 is 12.1 Å². The van der Waals surface area contributed by atoms with Crippen LogP contribution in [0.5, 0.6) is 0 Å². The lowest BCUT2D eigenvalue weighted by Gasteiger charge is -2.28. The maximum Gasteiger partial charge on any atom is 0.471 e. The number of anilines is 1. The quantitative estimate of drug-likeness (QED) is 0.573. The van der Waals surface area contributed by atoms with E-state index in [1.807, 2.05) is 6.92 Å². The number of aryl methyl sites for hydroxylation is 1. The number of carbonyl (C=O) groups is 1. The standard InChI is InChI=1S/C23H26F3N5O2/c1-2-31-21-19(13-28-31)20(29-18-8-10-33-11-9-18)17(12-27-21)15-30(22(32)23(24,25)26)14-16-6-4-3-5-7-16/h3-7,12-13,18H,2,8-11,14-15H2,1H3,(H,27,29). The zero-order valence-electron chi connectivity index (χ0n) is 18.3. The Morgan fingerprint density at radius 1 is 1.18 bits per heavy atom. The van der Waals surface area contributed by atoms with Crippen LogP contribution in [0.1, 0.15) is 30.9 Å². The van der Waals surface area contributed by atoms with Crippen LogP contribution in [0.25, 0.3) is 11.0 Å². The van der Waals surface area contributed by atoms with Crippen LogP contribution < -0.4 is 5.32 Å². The van der Waals surface area contributed by atoms with Gasteiger partial charge in [-0.3, -0.25) is 4.79 Å². The summed E-state index contributed by atoms with van der Waals surface area (Å²) in [6.45, 7) is 3.38. The monoisotopic (exact) mass is 461 g/mol. The van der Waals surface area contributed by atoms with Crippen molar-refractivity contribution >= 4 is 22.6 Å². The third-order valence-corrected chi connectivity index (χ3v) is 5.72. The van der Waals surface area contributed by atoms with Gasteiger partial charge in [-0.25, -0.2) is 9.67 Å². The molecule has 1 aliphatic rings. The van der Waals surface area contributed by atoms with Gasteiger partial charge in [-0.2, -0.15) is 18.3 Å². The Kier molecular flexibility index (Phi) is 6.83. The number of aromatic nitrogens is 3. The number of hydrogen-bond acceptors (Lipinski definition) is 5. The fourth-order valence-corrected chi connectivity index (χ4v) is 4.02. The second-order valence-electron chi connectivity index (χ2n) is 8.03. The van der Waals surface area contributed by atoms with E-state index in [-0.39, 0.29) is 19.1 Å². The van der Waals surface area contributed by atoms with Crippen molar-refractivity contribution < 1.29 is 22.7 Å². The molecule has 0 saturated carbocycles. The Hall–Kier alpha value is -3.14. The minimum absolute atomic E-state index is 0.106. The van der Waals surface area contributed by atoms with Crippen molar-refractivity contribution in [3.05, 3.63) is 53.9 Å². The zero-order valence-corrected chi connectivity index (χ0v) is 18.3. The topological polar surface area (TPSA) is 72.3 Å². The normalized spacial score (nSPS) is 15.0. The van der Waals surface area contributed by atoms with Gasteiger partial charge in [0.1, 0.15) is 0 Å². The summed E-state index contributed by atoms with van der Waals surface area (Å²) in [5, 5.41) is 8.57. The van der Waals surface area contributed by atoms with Crippen molar-refractivity contribution in [2.75, 3.05) is 18.5 Å². The summed E-state index contributed by atoms with van der Waals surface area (Å²) in [4.78, 5) is 17.6. The number of halogens is 3. The summed E-state index contributed by atoms with van der Waals surface area (Å²) in [5.41, 5.74) is 2.44. The van der Waals surface area contributed by atoms with Gasteiger partial charge in [0.05, 0.1) is 17.3 Å². The summed E-state index contributed by atoms with van der Waals surface area (Å²) in [6.07, 6.45) is -0.210. The molecule has 1 aliphatic heterocycles. The highest BCUT2D eigenvalue weighted by atomic mass is 19.4. The average Bonchev–Trinajstić information content (AvgIpc) is 3.24. The fraction of sp³-hybridized carbons (Fsp3) is 0.435. The van der Waals surface area contributed by atoms with E-state index in [4.69, 9.17) is 4.74 Å². The summed E-state index contributed by atoms with van der Waals surface area (Å²) in [6, 6.07) is 8.75. The molecule has 1 aromatic carbocycles. The molecule has 2 aromatic heterocycles. The van der Waals surface area contributed by atoms with Crippen LogP contribution in [0, 0.1) is 0 Å². The van der Waals surface area contributed by atoms with E-state index in [1.165, 1.54) is 0 Å². The highest BCUT2D eigenvalue weighted by Gasteiger charge is 2.42. The molecule has 0 spiro atoms. The molecule has 1 saturated heterocycles. The Balaban J connectivity index is 1.71. The largest absolute Gasteiger partial charge is 0.471 e. The molecule has 1 N–H and O–H groups in total. The summed E-state index contributed by atoms with van der Waals surface area (Å²) >= 11 is 0. The summed E-state index contributed by atoms with van der Waals surface area (Å²) in [7, 11) is 0. The molecule has 1 fully saturated rings. The smallest absolute Gasteiger partial charge is 0.381 e. The molecule has 0 atom stereocenters. The number of carbonyl (C=O) groups excluding carboxylic acids is 1. The second kappa shape index (κ2) is 9.78. The second-order valence-corrected chi connectivity index (χ2v) is 8.03. The van der Waals surface area contributed by atoms with Gasteiger partial charge < -0.3 is 15.0 Å². The van der Waals surface area contributed by atoms with E-state index >= 15 is 0 Å². The average molecular weight is 461 g/mol. The lowest BCUT2D eigenvalue weighted by atomic mass is 10.1. The molecular weight excluding hydrogens is 435 g/mol. The lowest BCUT2D eigenvalue weighted by molar-refractivity contribution is -0.186. The van der Waals surface area contributed by atoms with Crippen molar-refractivity contribution in [3.8, 4) is 0 Å². The first kappa shape index (κ1) is 23.0. The molecule has 3 heterocycles. The van der Waals surface area contributed by atoms with Gasteiger partial charge in [-0.15, -0.1) is 0 Å². The van der Waals surface area contributed by atoms with E-state index in [0.29, 0.717) is 42.2 Å². The highest BCUT2D eigenvalue weighted by Crippen LogP contribution is 2.31. The molecule has 176 valence electrons. The fourth-order valence-electron chi connectivity index (χ4n) is 4.02. The van der Waals surface area contributed by atoms with Gasteiger partial charge in [-0.1, -0.05) is 30.3 Å². The SMILES string of the molecule is CCn1ncc2c(NC3CCOCC3)c(CN(Cc3ccccc3)C(=O)C(F)(F)F)cnc21. The molecule has 10 heteroatoms. The van der Waals surface area contributed by atoms with E-state index in [1.54, 1.807) is 47.4 Å². The predicted octanol–water partition coefficient (Wildman–Crippen LogP) is 4.13. The van der Waals surface area contributed by atoms with Gasteiger partial charge in [0.15, 0.2) is 5.65 Å². The molecule has 1 amide bonds. The number of fused-ring (bicyclic) bond motifs is 1. The van der Waals surface area contributed by atoms with Crippen molar-refractivity contribution in [2.24, 2.45) is 0 Å². The third-order valence-electron chi connectivity index (χ3n) is 5.72. The Morgan fingerprint density at radius 3 is 2.58 bits per heavy atom. The Bertz CT molecular complexity index is 1090. The van der Waals surface area contributed by atoms with Crippen LogP contribution in [-0.4, -0.2) is 51.0 Å². The van der Waals surface area contributed by atoms with Crippen LogP contribution in [0.4, 0.5) is 18.9 Å². The summed E-state index contributed by atoms with van der Waals surface area (Å²) < 4.78 is 47.5. The maximum atomic E-state index is 13.4. The molecule has 0 unspecified atom stereocenters. The number of hydrogen-bond donors (Lipinski definition) is 1. The predicted molar refractivity (Wildman–Crippen MR) is 117 cm³/mol. The molecule has 3 aromatic rings. The number of nitrogens with one attached hydrogen (secondary N) is 1. The third kappa shape index (κ3) is 5.27. The van der Waals surface area contributed by atoms with Crippen molar-refractivity contribution in [2.45, 2.75) is 51.6 Å². The minimum Gasteiger partial charge on any atom is -0.381 e. The lowest BCUT2D eigenvalue weighted by Crippen LogP contribution is -2.40. The molecule has 0 aliphatic carbocycles. The van der Waals surface area contributed by atoms with Gasteiger partial charge in [-0.05, 0) is 25.3 Å². The van der Waals surface area contributed by atoms with Gasteiger partial charge in [0.2, 0.25) is 0 Å². The number of alkyl halides is 3. The first-order valence-corrected chi connectivity index (χ1v) is 10.9. The zero-order chi connectivity index (χ0) is 23.4. The van der Waals surface area contributed by atoms with Crippen LogP contribution in [0.2, 0.25) is 0 Å². The van der Waals surface area contributed by atoms with Crippen LogP contribution in [0.3, 0.4) is 0 Å².